The average Bonchev–Trinajstić information content (AvgIpc) is 2.49. The summed E-state index contributed by atoms with van der Waals surface area (Å²) in [5.74, 6) is 0.230. The number of anilines is 1. The molecule has 0 bridgehead atoms. The van der Waals surface area contributed by atoms with E-state index in [1.807, 2.05) is 30.3 Å². The summed E-state index contributed by atoms with van der Waals surface area (Å²) < 4.78 is 3.15. The third-order valence-electron chi connectivity index (χ3n) is 3.15. The Hall–Kier alpha value is -2.33. The number of aromatic nitrogens is 2. The van der Waals surface area contributed by atoms with E-state index in [1.165, 1.54) is 18.7 Å². The Labute approximate surface area is 129 Å². The Morgan fingerprint density at radius 1 is 1.19 bits per heavy atom. The molecule has 0 radical (unpaired) electrons. The maximum atomic E-state index is 11.9. The van der Waals surface area contributed by atoms with Gasteiger partial charge in [0.2, 0.25) is 0 Å². The summed E-state index contributed by atoms with van der Waals surface area (Å²) in [6.45, 7) is 0.405. The largest absolute Gasteiger partial charge is 0.366 e. The topological polar surface area (TPSA) is 79.8 Å². The highest BCUT2D eigenvalue weighted by Gasteiger charge is 2.14. The average molecular weight is 349 g/mol. The number of nitriles is 1. The monoisotopic (exact) mass is 348 g/mol. The van der Waals surface area contributed by atoms with Crippen LogP contribution in [0.5, 0.6) is 0 Å². The van der Waals surface area contributed by atoms with Crippen LogP contribution in [0.4, 0.5) is 5.82 Å². The molecule has 0 amide bonds. The molecule has 0 aliphatic rings. The van der Waals surface area contributed by atoms with Gasteiger partial charge in [0.1, 0.15) is 11.9 Å². The smallest absolute Gasteiger partial charge is 0.332 e. The Kier molecular flexibility index (Phi) is 4.29. The fourth-order valence-electron chi connectivity index (χ4n) is 1.94. The van der Waals surface area contributed by atoms with Crippen molar-refractivity contribution in [2.75, 3.05) is 5.32 Å². The summed E-state index contributed by atoms with van der Waals surface area (Å²) in [4.78, 5) is 23.8. The second-order valence-electron chi connectivity index (χ2n) is 4.52. The Morgan fingerprint density at radius 3 is 2.38 bits per heavy atom. The van der Waals surface area contributed by atoms with Gasteiger partial charge in [-0.05, 0) is 17.7 Å². The summed E-state index contributed by atoms with van der Waals surface area (Å²) in [6.07, 6.45) is 0. The van der Waals surface area contributed by atoms with E-state index < -0.39 is 11.2 Å². The van der Waals surface area contributed by atoms with E-state index in [0.29, 0.717) is 6.54 Å². The van der Waals surface area contributed by atoms with E-state index in [4.69, 9.17) is 5.26 Å². The van der Waals surface area contributed by atoms with Gasteiger partial charge in [-0.15, -0.1) is 0 Å². The van der Waals surface area contributed by atoms with E-state index in [9.17, 15) is 9.59 Å². The molecular weight excluding hydrogens is 336 g/mol. The van der Waals surface area contributed by atoms with Crippen molar-refractivity contribution in [1.29, 1.82) is 5.26 Å². The van der Waals surface area contributed by atoms with Gasteiger partial charge in [0.05, 0.1) is 0 Å². The van der Waals surface area contributed by atoms with Crippen LogP contribution in [0.3, 0.4) is 0 Å². The van der Waals surface area contributed by atoms with Gasteiger partial charge < -0.3 is 5.32 Å². The van der Waals surface area contributed by atoms with Crippen LogP contribution in [-0.2, 0) is 20.6 Å². The Balaban J connectivity index is 2.41. The highest BCUT2D eigenvalue weighted by atomic mass is 79.9. The maximum absolute atomic E-state index is 11.9. The molecule has 1 N–H and O–H groups in total. The number of halogens is 1. The summed E-state index contributed by atoms with van der Waals surface area (Å²) in [6, 6.07) is 9.45. The first-order valence-electron chi connectivity index (χ1n) is 6.14. The zero-order chi connectivity index (χ0) is 15.6. The molecule has 108 valence electrons. The number of rotatable bonds is 3. The van der Waals surface area contributed by atoms with Gasteiger partial charge in [-0.2, -0.15) is 5.26 Å². The molecule has 2 rings (SSSR count). The van der Waals surface area contributed by atoms with Crippen molar-refractivity contribution in [1.82, 2.24) is 9.13 Å². The van der Waals surface area contributed by atoms with E-state index in [-0.39, 0.29) is 11.4 Å². The standard InChI is InChI=1S/C14H13BrN4O2/c1-18-12(11(7-16)13(20)19(2)14(18)21)17-8-9-3-5-10(15)6-4-9/h3-6,17H,8H2,1-2H3. The van der Waals surface area contributed by atoms with E-state index in [0.717, 1.165) is 14.6 Å². The van der Waals surface area contributed by atoms with Gasteiger partial charge in [0, 0.05) is 25.1 Å². The van der Waals surface area contributed by atoms with Crippen molar-refractivity contribution < 1.29 is 0 Å². The lowest BCUT2D eigenvalue weighted by atomic mass is 10.2. The molecule has 21 heavy (non-hydrogen) atoms. The fourth-order valence-corrected chi connectivity index (χ4v) is 2.20. The lowest BCUT2D eigenvalue weighted by Gasteiger charge is -2.13. The van der Waals surface area contributed by atoms with Crippen molar-refractivity contribution in [3.63, 3.8) is 0 Å². The lowest BCUT2D eigenvalue weighted by molar-refractivity contribution is 0.685. The van der Waals surface area contributed by atoms with Gasteiger partial charge in [-0.3, -0.25) is 13.9 Å². The number of nitrogens with one attached hydrogen (secondary N) is 1. The summed E-state index contributed by atoms with van der Waals surface area (Å²) in [5, 5.41) is 12.1. The van der Waals surface area contributed by atoms with Gasteiger partial charge in [0.15, 0.2) is 5.56 Å². The zero-order valence-electron chi connectivity index (χ0n) is 11.6. The molecule has 0 aliphatic carbocycles. The van der Waals surface area contributed by atoms with Crippen molar-refractivity contribution in [3.05, 3.63) is 60.7 Å². The molecule has 0 saturated carbocycles. The predicted molar refractivity (Wildman–Crippen MR) is 83.1 cm³/mol. The zero-order valence-corrected chi connectivity index (χ0v) is 13.1. The molecule has 0 saturated heterocycles. The van der Waals surface area contributed by atoms with E-state index >= 15 is 0 Å². The summed E-state index contributed by atoms with van der Waals surface area (Å²) in [5.41, 5.74) is -0.178. The van der Waals surface area contributed by atoms with Crippen molar-refractivity contribution in [2.45, 2.75) is 6.54 Å². The van der Waals surface area contributed by atoms with E-state index in [1.54, 1.807) is 0 Å². The maximum Gasteiger partial charge on any atom is 0.332 e. The Bertz CT molecular complexity index is 828. The first-order valence-corrected chi connectivity index (χ1v) is 6.93. The quantitative estimate of drug-likeness (QED) is 0.907. The van der Waals surface area contributed by atoms with Crippen LogP contribution < -0.4 is 16.6 Å². The molecule has 7 heteroatoms. The van der Waals surface area contributed by atoms with Crippen LogP contribution in [0.25, 0.3) is 0 Å². The molecule has 2 aromatic rings. The predicted octanol–water partition coefficient (Wildman–Crippen LogP) is 1.33. The molecule has 1 aromatic heterocycles. The normalized spacial score (nSPS) is 10.2. The first kappa shape index (κ1) is 15.1. The summed E-state index contributed by atoms with van der Waals surface area (Å²) >= 11 is 3.35. The van der Waals surface area contributed by atoms with Gasteiger partial charge in [-0.1, -0.05) is 28.1 Å². The van der Waals surface area contributed by atoms with Gasteiger partial charge in [0.25, 0.3) is 5.56 Å². The van der Waals surface area contributed by atoms with E-state index in [2.05, 4.69) is 21.2 Å². The summed E-state index contributed by atoms with van der Waals surface area (Å²) in [7, 11) is 2.87. The third kappa shape index (κ3) is 2.90. The number of hydrogen-bond acceptors (Lipinski definition) is 4. The van der Waals surface area contributed by atoms with Crippen LogP contribution in [0.1, 0.15) is 11.1 Å². The minimum Gasteiger partial charge on any atom is -0.366 e. The molecule has 1 aromatic carbocycles. The molecule has 0 atom stereocenters. The molecule has 1 heterocycles. The second kappa shape index (κ2) is 5.97. The van der Waals surface area contributed by atoms with Crippen LogP contribution in [0, 0.1) is 11.3 Å². The molecule has 0 unspecified atom stereocenters. The molecule has 0 aliphatic heterocycles. The van der Waals surface area contributed by atoms with Crippen LogP contribution in [-0.4, -0.2) is 9.13 Å². The second-order valence-corrected chi connectivity index (χ2v) is 5.44. The highest BCUT2D eigenvalue weighted by Crippen LogP contribution is 2.13. The molecule has 0 fully saturated rings. The van der Waals surface area contributed by atoms with Crippen molar-refractivity contribution in [2.24, 2.45) is 14.1 Å². The molecule has 0 spiro atoms. The first-order chi connectivity index (χ1) is 9.95. The minimum absolute atomic E-state index is 0.0725. The van der Waals surface area contributed by atoms with Crippen molar-refractivity contribution >= 4 is 21.7 Å². The van der Waals surface area contributed by atoms with Crippen molar-refractivity contribution in [3.8, 4) is 6.07 Å². The molecular formula is C14H13BrN4O2. The SMILES string of the molecule is Cn1c(NCc2ccc(Br)cc2)c(C#N)c(=O)n(C)c1=O. The highest BCUT2D eigenvalue weighted by molar-refractivity contribution is 9.10. The number of nitrogens with zero attached hydrogens (tertiary/aromatic N) is 3. The third-order valence-corrected chi connectivity index (χ3v) is 3.68. The molecule has 6 nitrogen and oxygen atoms in total. The minimum atomic E-state index is -0.598. The lowest BCUT2D eigenvalue weighted by Crippen LogP contribution is -2.39. The van der Waals surface area contributed by atoms with Crippen LogP contribution in [0.15, 0.2) is 38.3 Å². The van der Waals surface area contributed by atoms with Crippen LogP contribution in [0.2, 0.25) is 0 Å². The number of benzene rings is 1. The van der Waals surface area contributed by atoms with Crippen LogP contribution >= 0.6 is 15.9 Å². The Morgan fingerprint density at radius 2 is 1.81 bits per heavy atom. The van der Waals surface area contributed by atoms with Gasteiger partial charge in [-0.25, -0.2) is 4.79 Å². The van der Waals surface area contributed by atoms with Gasteiger partial charge >= 0.3 is 5.69 Å². The number of hydrogen-bond donors (Lipinski definition) is 1. The fraction of sp³-hybridized carbons (Fsp3) is 0.214.